The lowest BCUT2D eigenvalue weighted by Crippen LogP contribution is -2.17. The van der Waals surface area contributed by atoms with Crippen LogP contribution in [0.3, 0.4) is 0 Å². The summed E-state index contributed by atoms with van der Waals surface area (Å²) in [6, 6.07) is 3.98. The molecule has 2 rings (SSSR count). The highest BCUT2D eigenvalue weighted by Crippen LogP contribution is 2.24. The van der Waals surface area contributed by atoms with Gasteiger partial charge in [0.2, 0.25) is 0 Å². The van der Waals surface area contributed by atoms with Crippen molar-refractivity contribution in [3.63, 3.8) is 0 Å². The summed E-state index contributed by atoms with van der Waals surface area (Å²) in [7, 11) is 0. The van der Waals surface area contributed by atoms with Gasteiger partial charge < -0.3 is 15.5 Å². The van der Waals surface area contributed by atoms with Crippen molar-refractivity contribution in [2.45, 2.75) is 13.5 Å². The van der Waals surface area contributed by atoms with Gasteiger partial charge in [0.25, 0.3) is 0 Å². The van der Waals surface area contributed by atoms with Crippen LogP contribution in [-0.4, -0.2) is 15.6 Å². The second-order valence-electron chi connectivity index (χ2n) is 2.93. The van der Waals surface area contributed by atoms with E-state index in [4.69, 9.17) is 10.9 Å². The second kappa shape index (κ2) is 3.34. The topological polar surface area (TPSA) is 63.5 Å². The fourth-order valence-corrected chi connectivity index (χ4v) is 2.40. The van der Waals surface area contributed by atoms with E-state index >= 15 is 0 Å². The fraction of sp³-hybridized carbons (Fsp3) is 0.222. The average Bonchev–Trinajstić information content (AvgIpc) is 2.74. The monoisotopic (exact) mass is 209 g/mol. The van der Waals surface area contributed by atoms with Gasteiger partial charge in [-0.3, -0.25) is 0 Å². The Bertz CT molecular complexity index is 483. The highest BCUT2D eigenvalue weighted by Gasteiger charge is 2.11. The van der Waals surface area contributed by atoms with Crippen LogP contribution >= 0.6 is 11.3 Å². The summed E-state index contributed by atoms with van der Waals surface area (Å²) in [4.78, 5) is 0. The van der Waals surface area contributed by atoms with E-state index in [0.29, 0.717) is 0 Å². The average molecular weight is 209 g/mol. The summed E-state index contributed by atoms with van der Waals surface area (Å²) >= 11 is 1.65. The Morgan fingerprint density at radius 2 is 2.50 bits per heavy atom. The minimum absolute atomic E-state index is 0.162. The lowest BCUT2D eigenvalue weighted by atomic mass is 10.4. The Labute approximate surface area is 85.3 Å². The van der Waals surface area contributed by atoms with E-state index in [1.165, 1.54) is 0 Å². The smallest absolute Gasteiger partial charge is 0.186 e. The number of amidine groups is 1. The molecule has 74 valence electrons. The molecule has 2 aromatic rings. The molecule has 3 N–H and O–H groups in total. The van der Waals surface area contributed by atoms with Gasteiger partial charge in [-0.25, -0.2) is 0 Å². The van der Waals surface area contributed by atoms with Crippen LogP contribution < -0.4 is 5.73 Å². The van der Waals surface area contributed by atoms with Gasteiger partial charge in [0.15, 0.2) is 5.84 Å². The molecule has 0 aliphatic carbocycles. The molecule has 0 fully saturated rings. The number of nitrogens with zero attached hydrogens (tertiary/aromatic N) is 2. The quantitative estimate of drug-likeness (QED) is 0.343. The molecular weight excluding hydrogens is 198 g/mol. The third-order valence-corrected chi connectivity index (χ3v) is 3.06. The predicted octanol–water partition coefficient (Wildman–Crippen LogP) is 1.82. The SMILES string of the molecule is CCn1c(C(N)=NO)cc2sccc21. The molecule has 0 amide bonds. The van der Waals surface area contributed by atoms with Crippen LogP contribution in [0.5, 0.6) is 0 Å². The van der Waals surface area contributed by atoms with Gasteiger partial charge in [0, 0.05) is 6.54 Å². The number of oxime groups is 1. The number of hydrogen-bond acceptors (Lipinski definition) is 3. The number of aryl methyl sites for hydroxylation is 1. The lowest BCUT2D eigenvalue weighted by Gasteiger charge is -2.04. The highest BCUT2D eigenvalue weighted by atomic mass is 32.1. The molecule has 0 aliphatic heterocycles. The van der Waals surface area contributed by atoms with E-state index in [9.17, 15) is 0 Å². The predicted molar refractivity (Wildman–Crippen MR) is 58.0 cm³/mol. The first kappa shape index (κ1) is 9.08. The van der Waals surface area contributed by atoms with Crippen molar-refractivity contribution in [3.8, 4) is 0 Å². The third-order valence-electron chi connectivity index (χ3n) is 2.21. The summed E-state index contributed by atoms with van der Waals surface area (Å²) in [5, 5.41) is 13.7. The molecule has 2 aromatic heterocycles. The van der Waals surface area contributed by atoms with Crippen molar-refractivity contribution in [2.24, 2.45) is 10.9 Å². The Balaban J connectivity index is 2.70. The summed E-state index contributed by atoms with van der Waals surface area (Å²) < 4.78 is 3.19. The van der Waals surface area contributed by atoms with Crippen molar-refractivity contribution >= 4 is 27.4 Å². The van der Waals surface area contributed by atoms with Gasteiger partial charge >= 0.3 is 0 Å². The van der Waals surface area contributed by atoms with E-state index in [-0.39, 0.29) is 5.84 Å². The maximum atomic E-state index is 8.62. The maximum Gasteiger partial charge on any atom is 0.186 e. The van der Waals surface area contributed by atoms with Crippen molar-refractivity contribution in [1.29, 1.82) is 0 Å². The number of hydrogen-bond donors (Lipinski definition) is 2. The van der Waals surface area contributed by atoms with Gasteiger partial charge in [-0.15, -0.1) is 11.3 Å². The van der Waals surface area contributed by atoms with E-state index in [1.807, 2.05) is 29.0 Å². The number of nitrogens with two attached hydrogens (primary N) is 1. The first-order valence-corrected chi connectivity index (χ1v) is 5.20. The molecule has 5 heteroatoms. The Morgan fingerprint density at radius 3 is 3.14 bits per heavy atom. The standard InChI is InChI=1S/C9H11N3OS/c1-2-12-6-3-4-14-8(6)5-7(12)9(10)11-13/h3-5,13H,2H2,1H3,(H2,10,11). The zero-order valence-corrected chi connectivity index (χ0v) is 8.58. The largest absolute Gasteiger partial charge is 0.409 e. The Kier molecular flexibility index (Phi) is 2.17. The molecule has 4 nitrogen and oxygen atoms in total. The van der Waals surface area contributed by atoms with E-state index in [2.05, 4.69) is 5.16 Å². The van der Waals surface area contributed by atoms with Crippen molar-refractivity contribution in [3.05, 3.63) is 23.2 Å². The number of fused-ring (bicyclic) bond motifs is 1. The summed E-state index contributed by atoms with van der Waals surface area (Å²) in [6.45, 7) is 2.84. The van der Waals surface area contributed by atoms with Crippen LogP contribution in [-0.2, 0) is 6.54 Å². The van der Waals surface area contributed by atoms with Gasteiger partial charge in [-0.1, -0.05) is 5.16 Å². The highest BCUT2D eigenvalue weighted by molar-refractivity contribution is 7.17. The summed E-state index contributed by atoms with van der Waals surface area (Å²) in [5.74, 6) is 0.162. The Morgan fingerprint density at radius 1 is 1.71 bits per heavy atom. The molecule has 0 bridgehead atoms. The van der Waals surface area contributed by atoms with Crippen molar-refractivity contribution in [1.82, 2.24) is 4.57 Å². The third kappa shape index (κ3) is 1.17. The molecule has 0 aromatic carbocycles. The van der Waals surface area contributed by atoms with E-state index in [1.54, 1.807) is 11.3 Å². The molecule has 0 unspecified atom stereocenters. The molecule has 0 atom stereocenters. The molecule has 14 heavy (non-hydrogen) atoms. The van der Waals surface area contributed by atoms with Gasteiger partial charge in [-0.2, -0.15) is 0 Å². The zero-order valence-electron chi connectivity index (χ0n) is 7.77. The van der Waals surface area contributed by atoms with Crippen molar-refractivity contribution < 1.29 is 5.21 Å². The van der Waals surface area contributed by atoms with Gasteiger partial charge in [-0.05, 0) is 24.4 Å². The number of rotatable bonds is 2. The lowest BCUT2D eigenvalue weighted by molar-refractivity contribution is 0.318. The molecule has 0 spiro atoms. The summed E-state index contributed by atoms with van der Waals surface area (Å²) in [6.07, 6.45) is 0. The molecule has 2 heterocycles. The van der Waals surface area contributed by atoms with Crippen molar-refractivity contribution in [2.75, 3.05) is 0 Å². The van der Waals surface area contributed by atoms with Crippen LogP contribution in [0.4, 0.5) is 0 Å². The van der Waals surface area contributed by atoms with E-state index in [0.717, 1.165) is 22.5 Å². The Hall–Kier alpha value is -1.49. The van der Waals surface area contributed by atoms with Crippen LogP contribution in [0.25, 0.3) is 10.2 Å². The fourth-order valence-electron chi connectivity index (χ4n) is 1.58. The van der Waals surface area contributed by atoms with Crippen LogP contribution in [0.2, 0.25) is 0 Å². The summed E-state index contributed by atoms with van der Waals surface area (Å²) in [5.41, 5.74) is 7.49. The minimum atomic E-state index is 0.162. The molecule has 0 aliphatic rings. The number of thiophene rings is 1. The first-order valence-electron chi connectivity index (χ1n) is 4.32. The number of aromatic nitrogens is 1. The molecular formula is C9H11N3OS. The van der Waals surface area contributed by atoms with E-state index < -0.39 is 0 Å². The van der Waals surface area contributed by atoms with Crippen LogP contribution in [0.15, 0.2) is 22.7 Å². The molecule has 0 saturated heterocycles. The normalized spacial score (nSPS) is 12.5. The first-order chi connectivity index (χ1) is 6.77. The maximum absolute atomic E-state index is 8.62. The minimum Gasteiger partial charge on any atom is -0.409 e. The van der Waals surface area contributed by atoms with Crippen LogP contribution in [0.1, 0.15) is 12.6 Å². The zero-order chi connectivity index (χ0) is 10.1. The molecule has 0 radical (unpaired) electrons. The van der Waals surface area contributed by atoms with Gasteiger partial charge in [0.1, 0.15) is 0 Å². The van der Waals surface area contributed by atoms with Gasteiger partial charge in [0.05, 0.1) is 15.9 Å². The second-order valence-corrected chi connectivity index (χ2v) is 3.88. The molecule has 0 saturated carbocycles. The van der Waals surface area contributed by atoms with Crippen LogP contribution in [0, 0.1) is 0 Å².